The second-order valence-electron chi connectivity index (χ2n) is 4.75. The molecule has 0 aliphatic rings. The van der Waals surface area contributed by atoms with E-state index in [0.29, 0.717) is 0 Å². The summed E-state index contributed by atoms with van der Waals surface area (Å²) in [6.07, 6.45) is 3.48. The minimum atomic E-state index is -1.06. The summed E-state index contributed by atoms with van der Waals surface area (Å²) in [5.74, 6) is -1.43. The highest BCUT2D eigenvalue weighted by Gasteiger charge is 2.24. The third kappa shape index (κ3) is 3.92. The molecule has 0 saturated carbocycles. The van der Waals surface area contributed by atoms with Crippen LogP contribution < -0.4 is 5.32 Å². The van der Waals surface area contributed by atoms with Gasteiger partial charge >= 0.3 is 5.97 Å². The van der Waals surface area contributed by atoms with Gasteiger partial charge in [0.25, 0.3) is 0 Å². The van der Waals surface area contributed by atoms with Gasteiger partial charge in [0, 0.05) is 18.8 Å². The Hall–Kier alpha value is -2.63. The first-order valence-electron chi connectivity index (χ1n) is 6.64. The summed E-state index contributed by atoms with van der Waals surface area (Å²) in [4.78, 5) is 23.4. The zero-order chi connectivity index (χ0) is 15.2. The Kier molecular flexibility index (Phi) is 4.71. The molecule has 6 heteroatoms. The number of benzene rings is 1. The van der Waals surface area contributed by atoms with Gasteiger partial charge in [-0.25, -0.2) is 4.79 Å². The van der Waals surface area contributed by atoms with Crippen molar-refractivity contribution in [2.45, 2.75) is 25.4 Å². The first-order chi connectivity index (χ1) is 10.1. The van der Waals surface area contributed by atoms with Gasteiger partial charge in [-0.1, -0.05) is 30.3 Å². The molecule has 2 atom stereocenters. The van der Waals surface area contributed by atoms with Gasteiger partial charge in [0.15, 0.2) is 0 Å². The van der Waals surface area contributed by atoms with E-state index in [4.69, 9.17) is 0 Å². The van der Waals surface area contributed by atoms with Gasteiger partial charge < -0.3 is 10.4 Å². The van der Waals surface area contributed by atoms with Gasteiger partial charge in [0.2, 0.25) is 5.91 Å². The molecule has 2 aromatic rings. The molecule has 2 rings (SSSR count). The van der Waals surface area contributed by atoms with Crippen molar-refractivity contribution in [1.82, 2.24) is 15.1 Å². The number of carbonyl (C=O) groups is 2. The molecule has 0 aliphatic carbocycles. The molecule has 21 heavy (non-hydrogen) atoms. The molecular weight excluding hydrogens is 270 g/mol. The quantitative estimate of drug-likeness (QED) is 0.837. The van der Waals surface area contributed by atoms with Gasteiger partial charge in [-0.2, -0.15) is 5.10 Å². The predicted molar refractivity (Wildman–Crippen MR) is 76.7 cm³/mol. The number of carbonyl (C=O) groups excluding carboxylic acids is 1. The largest absolute Gasteiger partial charge is 0.480 e. The van der Waals surface area contributed by atoms with E-state index in [1.54, 1.807) is 25.4 Å². The smallest absolute Gasteiger partial charge is 0.326 e. The molecule has 0 radical (unpaired) electrons. The van der Waals surface area contributed by atoms with Crippen LogP contribution in [0.5, 0.6) is 0 Å². The van der Waals surface area contributed by atoms with E-state index < -0.39 is 18.1 Å². The Labute approximate surface area is 122 Å². The lowest BCUT2D eigenvalue weighted by atomic mass is 10.1. The minimum Gasteiger partial charge on any atom is -0.480 e. The monoisotopic (exact) mass is 287 g/mol. The summed E-state index contributed by atoms with van der Waals surface area (Å²) in [7, 11) is 0. The fourth-order valence-electron chi connectivity index (χ4n) is 1.97. The third-order valence-corrected chi connectivity index (χ3v) is 3.20. The maximum atomic E-state index is 12.1. The number of aliphatic carboxylic acids is 1. The molecule has 1 heterocycles. The second-order valence-corrected chi connectivity index (χ2v) is 4.75. The van der Waals surface area contributed by atoms with Crippen LogP contribution in [0.4, 0.5) is 0 Å². The van der Waals surface area contributed by atoms with Crippen molar-refractivity contribution in [3.63, 3.8) is 0 Å². The molecule has 0 fully saturated rings. The zero-order valence-electron chi connectivity index (χ0n) is 11.6. The SMILES string of the molecule is CC(C(=O)NC(Cc1ccccc1)C(=O)O)n1cccn1. The van der Waals surface area contributed by atoms with Gasteiger partial charge in [-0.15, -0.1) is 0 Å². The number of hydrogen-bond acceptors (Lipinski definition) is 3. The Morgan fingerprint density at radius 3 is 2.57 bits per heavy atom. The number of aromatic nitrogens is 2. The van der Waals surface area contributed by atoms with Crippen LogP contribution in [0.3, 0.4) is 0 Å². The van der Waals surface area contributed by atoms with Crippen molar-refractivity contribution in [3.8, 4) is 0 Å². The average Bonchev–Trinajstić information content (AvgIpc) is 3.00. The highest BCUT2D eigenvalue weighted by Crippen LogP contribution is 2.07. The Morgan fingerprint density at radius 1 is 1.29 bits per heavy atom. The van der Waals surface area contributed by atoms with E-state index >= 15 is 0 Å². The fraction of sp³-hybridized carbons (Fsp3) is 0.267. The molecule has 6 nitrogen and oxygen atoms in total. The van der Waals surface area contributed by atoms with Crippen LogP contribution in [-0.4, -0.2) is 32.8 Å². The zero-order valence-corrected chi connectivity index (χ0v) is 11.6. The summed E-state index contributed by atoms with van der Waals surface area (Å²) in [6, 6.07) is 9.39. The molecule has 0 aliphatic heterocycles. The summed E-state index contributed by atoms with van der Waals surface area (Å²) >= 11 is 0. The molecular formula is C15H17N3O3. The molecule has 0 bridgehead atoms. The Balaban J connectivity index is 2.03. The van der Waals surface area contributed by atoms with Gasteiger partial charge in [0.1, 0.15) is 12.1 Å². The molecule has 0 saturated heterocycles. The van der Waals surface area contributed by atoms with Crippen molar-refractivity contribution >= 4 is 11.9 Å². The number of rotatable bonds is 6. The molecule has 1 amide bonds. The maximum Gasteiger partial charge on any atom is 0.326 e. The lowest BCUT2D eigenvalue weighted by molar-refractivity contribution is -0.142. The van der Waals surface area contributed by atoms with Crippen molar-refractivity contribution in [1.29, 1.82) is 0 Å². The molecule has 1 aromatic heterocycles. The van der Waals surface area contributed by atoms with Crippen molar-refractivity contribution in [2.75, 3.05) is 0 Å². The number of amides is 1. The standard InChI is InChI=1S/C15H17N3O3/c1-11(18-9-5-8-16-18)14(19)17-13(15(20)21)10-12-6-3-2-4-7-12/h2-9,11,13H,10H2,1H3,(H,17,19)(H,20,21). The first-order valence-corrected chi connectivity index (χ1v) is 6.64. The Bertz CT molecular complexity index is 596. The summed E-state index contributed by atoms with van der Waals surface area (Å²) in [5, 5.41) is 15.8. The minimum absolute atomic E-state index is 0.244. The summed E-state index contributed by atoms with van der Waals surface area (Å²) in [6.45, 7) is 1.67. The molecule has 1 aromatic carbocycles. The number of nitrogens with one attached hydrogen (secondary N) is 1. The first kappa shape index (κ1) is 14.8. The summed E-state index contributed by atoms with van der Waals surface area (Å²) < 4.78 is 1.48. The van der Waals surface area contributed by atoms with E-state index in [1.165, 1.54) is 4.68 Å². The van der Waals surface area contributed by atoms with Crippen LogP contribution in [0.15, 0.2) is 48.8 Å². The number of hydrogen-bond donors (Lipinski definition) is 2. The lowest BCUT2D eigenvalue weighted by Gasteiger charge is -2.18. The number of nitrogens with zero attached hydrogens (tertiary/aromatic N) is 2. The van der Waals surface area contributed by atoms with E-state index in [-0.39, 0.29) is 12.3 Å². The van der Waals surface area contributed by atoms with E-state index in [1.807, 2.05) is 30.3 Å². The molecule has 2 N–H and O–H groups in total. The van der Waals surface area contributed by atoms with Crippen LogP contribution in [-0.2, 0) is 16.0 Å². The lowest BCUT2D eigenvalue weighted by Crippen LogP contribution is -2.45. The number of carboxylic acids is 1. The molecule has 110 valence electrons. The van der Waals surface area contributed by atoms with Crippen LogP contribution in [0.2, 0.25) is 0 Å². The van der Waals surface area contributed by atoms with Crippen LogP contribution >= 0.6 is 0 Å². The highest BCUT2D eigenvalue weighted by atomic mass is 16.4. The van der Waals surface area contributed by atoms with Gasteiger partial charge in [-0.3, -0.25) is 9.48 Å². The normalized spacial score (nSPS) is 13.4. The molecule has 0 spiro atoms. The topological polar surface area (TPSA) is 84.2 Å². The van der Waals surface area contributed by atoms with Crippen molar-refractivity contribution < 1.29 is 14.7 Å². The summed E-state index contributed by atoms with van der Waals surface area (Å²) in [5.41, 5.74) is 0.858. The van der Waals surface area contributed by atoms with Gasteiger partial charge in [0.05, 0.1) is 0 Å². The highest BCUT2D eigenvalue weighted by molar-refractivity contribution is 5.85. The average molecular weight is 287 g/mol. The third-order valence-electron chi connectivity index (χ3n) is 3.20. The van der Waals surface area contributed by atoms with Crippen LogP contribution in [0.1, 0.15) is 18.5 Å². The van der Waals surface area contributed by atoms with Crippen LogP contribution in [0.25, 0.3) is 0 Å². The second kappa shape index (κ2) is 6.69. The predicted octanol–water partition coefficient (Wildman–Crippen LogP) is 1.26. The maximum absolute atomic E-state index is 12.1. The van der Waals surface area contributed by atoms with Crippen molar-refractivity contribution in [3.05, 3.63) is 54.4 Å². The van der Waals surface area contributed by atoms with Crippen LogP contribution in [0, 0.1) is 0 Å². The van der Waals surface area contributed by atoms with E-state index in [9.17, 15) is 14.7 Å². The van der Waals surface area contributed by atoms with E-state index in [2.05, 4.69) is 10.4 Å². The van der Waals surface area contributed by atoms with E-state index in [0.717, 1.165) is 5.56 Å². The molecule has 2 unspecified atom stereocenters. The van der Waals surface area contributed by atoms with Gasteiger partial charge in [-0.05, 0) is 18.6 Å². The van der Waals surface area contributed by atoms with Crippen molar-refractivity contribution in [2.24, 2.45) is 0 Å². The fourth-order valence-corrected chi connectivity index (χ4v) is 1.97. The Morgan fingerprint density at radius 2 is 2.00 bits per heavy atom. The number of carboxylic acid groups (broad SMARTS) is 1.